The quantitative estimate of drug-likeness (QED) is 0.767. The molecule has 2 nitrogen and oxygen atoms in total. The van der Waals surface area contributed by atoms with Crippen molar-refractivity contribution in [3.8, 4) is 0 Å². The van der Waals surface area contributed by atoms with Crippen LogP contribution in [-0.4, -0.2) is 18.0 Å². The number of carbonyl (C=O) groups is 1. The van der Waals surface area contributed by atoms with Crippen molar-refractivity contribution in [2.75, 3.05) is 0 Å². The van der Waals surface area contributed by atoms with E-state index in [1.807, 2.05) is 0 Å². The second-order valence-electron chi connectivity index (χ2n) is 8.69. The monoisotopic (exact) mass is 274 g/mol. The molecule has 20 heavy (non-hydrogen) atoms. The van der Waals surface area contributed by atoms with E-state index < -0.39 is 0 Å². The molecule has 4 aliphatic carbocycles. The molecule has 6 rings (SSSR count). The highest BCUT2D eigenvalue weighted by Crippen LogP contribution is 2.61. The minimum atomic E-state index is 0.121. The van der Waals surface area contributed by atoms with E-state index >= 15 is 0 Å². The summed E-state index contributed by atoms with van der Waals surface area (Å²) in [6.07, 6.45) is 13.3. The van der Waals surface area contributed by atoms with Crippen LogP contribution in [0.2, 0.25) is 0 Å². The molecule has 0 aromatic rings. The van der Waals surface area contributed by atoms with Gasteiger partial charge in [0.25, 0.3) is 0 Å². The standard InChI is InChI=1S/C18H26O2/c19-17(14-6-15-1-2-16(7-14)20-15)18-8-11-3-12(9-18)5-13(4-11)10-18/h11-16H,1-10H2. The summed E-state index contributed by atoms with van der Waals surface area (Å²) >= 11 is 0. The van der Waals surface area contributed by atoms with E-state index in [-0.39, 0.29) is 5.41 Å². The molecule has 2 heterocycles. The zero-order chi connectivity index (χ0) is 13.3. The molecule has 2 atom stereocenters. The van der Waals surface area contributed by atoms with Crippen molar-refractivity contribution in [1.82, 2.24) is 0 Å². The summed E-state index contributed by atoms with van der Waals surface area (Å²) < 4.78 is 5.94. The van der Waals surface area contributed by atoms with Crippen molar-refractivity contribution < 1.29 is 9.53 Å². The van der Waals surface area contributed by atoms with Crippen LogP contribution in [0.4, 0.5) is 0 Å². The maximum absolute atomic E-state index is 13.3. The maximum Gasteiger partial charge on any atom is 0.142 e. The summed E-state index contributed by atoms with van der Waals surface area (Å²) in [5, 5.41) is 0. The van der Waals surface area contributed by atoms with E-state index in [0.717, 1.165) is 30.6 Å². The smallest absolute Gasteiger partial charge is 0.142 e. The Hall–Kier alpha value is -0.370. The predicted octanol–water partition coefficient (Wildman–Crippen LogP) is 3.73. The van der Waals surface area contributed by atoms with Gasteiger partial charge in [-0.3, -0.25) is 4.79 Å². The third kappa shape index (κ3) is 1.70. The summed E-state index contributed by atoms with van der Waals surface area (Å²) in [7, 11) is 0. The van der Waals surface area contributed by atoms with E-state index in [9.17, 15) is 4.79 Å². The number of Topliss-reactive ketones (excluding diaryl/α,β-unsaturated/α-hetero) is 1. The number of ether oxygens (including phenoxy) is 1. The number of hydrogen-bond acceptors (Lipinski definition) is 2. The molecule has 6 bridgehead atoms. The van der Waals surface area contributed by atoms with Crippen LogP contribution >= 0.6 is 0 Å². The van der Waals surface area contributed by atoms with Crippen LogP contribution in [0.25, 0.3) is 0 Å². The largest absolute Gasteiger partial charge is 0.375 e. The van der Waals surface area contributed by atoms with Gasteiger partial charge < -0.3 is 4.74 Å². The Morgan fingerprint density at radius 3 is 1.80 bits per heavy atom. The Morgan fingerprint density at radius 2 is 1.30 bits per heavy atom. The fraction of sp³-hybridized carbons (Fsp3) is 0.944. The van der Waals surface area contributed by atoms with Gasteiger partial charge in [0, 0.05) is 11.3 Å². The van der Waals surface area contributed by atoms with Crippen LogP contribution in [0.15, 0.2) is 0 Å². The molecule has 2 heteroatoms. The Balaban J connectivity index is 1.40. The third-order valence-corrected chi connectivity index (χ3v) is 7.22. The van der Waals surface area contributed by atoms with E-state index in [1.165, 1.54) is 51.4 Å². The Labute approximate surface area is 121 Å². The molecule has 0 aromatic heterocycles. The minimum Gasteiger partial charge on any atom is -0.375 e. The van der Waals surface area contributed by atoms with Crippen molar-refractivity contribution in [3.05, 3.63) is 0 Å². The molecule has 4 saturated carbocycles. The second-order valence-corrected chi connectivity index (χ2v) is 8.69. The summed E-state index contributed by atoms with van der Waals surface area (Å²) in [5.41, 5.74) is 0.121. The van der Waals surface area contributed by atoms with Crippen molar-refractivity contribution in [2.45, 2.75) is 76.4 Å². The second kappa shape index (κ2) is 4.09. The highest BCUT2D eigenvalue weighted by atomic mass is 16.5. The first kappa shape index (κ1) is 12.2. The van der Waals surface area contributed by atoms with Crippen LogP contribution in [-0.2, 0) is 9.53 Å². The van der Waals surface area contributed by atoms with Gasteiger partial charge in [0.1, 0.15) is 5.78 Å². The SMILES string of the molecule is O=C(C1CC2CCC(C1)O2)C12CC3CC(CC(C3)C1)C2. The number of ketones is 1. The molecular weight excluding hydrogens is 248 g/mol. The van der Waals surface area contributed by atoms with Gasteiger partial charge in [-0.1, -0.05) is 0 Å². The highest BCUT2D eigenvalue weighted by molar-refractivity contribution is 5.87. The van der Waals surface area contributed by atoms with Crippen LogP contribution in [0.1, 0.15) is 64.2 Å². The zero-order valence-corrected chi connectivity index (χ0v) is 12.4. The summed E-state index contributed by atoms with van der Waals surface area (Å²) in [6.45, 7) is 0. The van der Waals surface area contributed by atoms with Crippen LogP contribution in [0.3, 0.4) is 0 Å². The number of rotatable bonds is 2. The average molecular weight is 274 g/mol. The van der Waals surface area contributed by atoms with E-state index in [4.69, 9.17) is 4.74 Å². The van der Waals surface area contributed by atoms with Crippen LogP contribution in [0, 0.1) is 29.1 Å². The molecule has 2 aliphatic heterocycles. The molecule has 0 aromatic carbocycles. The molecule has 2 saturated heterocycles. The van der Waals surface area contributed by atoms with Gasteiger partial charge >= 0.3 is 0 Å². The number of fused-ring (bicyclic) bond motifs is 2. The number of carbonyl (C=O) groups excluding carboxylic acids is 1. The van der Waals surface area contributed by atoms with Gasteiger partial charge in [0.05, 0.1) is 12.2 Å². The molecular formula is C18H26O2. The van der Waals surface area contributed by atoms with Crippen molar-refractivity contribution in [1.29, 1.82) is 0 Å². The fourth-order valence-electron chi connectivity index (χ4n) is 6.92. The summed E-state index contributed by atoms with van der Waals surface area (Å²) in [5.74, 6) is 3.69. The Morgan fingerprint density at radius 1 is 0.800 bits per heavy atom. The van der Waals surface area contributed by atoms with Crippen LogP contribution in [0.5, 0.6) is 0 Å². The van der Waals surface area contributed by atoms with Crippen molar-refractivity contribution >= 4 is 5.78 Å². The third-order valence-electron chi connectivity index (χ3n) is 7.22. The lowest BCUT2D eigenvalue weighted by molar-refractivity contribution is -0.153. The normalized spacial score (nSPS) is 56.2. The lowest BCUT2D eigenvalue weighted by atomic mass is 9.47. The highest BCUT2D eigenvalue weighted by Gasteiger charge is 2.56. The van der Waals surface area contributed by atoms with E-state index in [2.05, 4.69) is 0 Å². The molecule has 6 aliphatic rings. The summed E-state index contributed by atoms with van der Waals surface area (Å²) in [6, 6.07) is 0. The molecule has 0 amide bonds. The van der Waals surface area contributed by atoms with E-state index in [1.54, 1.807) is 0 Å². The number of hydrogen-bond donors (Lipinski definition) is 0. The lowest BCUT2D eigenvalue weighted by Crippen LogP contribution is -2.52. The minimum absolute atomic E-state index is 0.121. The molecule has 0 radical (unpaired) electrons. The average Bonchev–Trinajstić information content (AvgIpc) is 2.75. The van der Waals surface area contributed by atoms with Gasteiger partial charge in [0.15, 0.2) is 0 Å². The first-order chi connectivity index (χ1) is 9.70. The zero-order valence-electron chi connectivity index (χ0n) is 12.4. The predicted molar refractivity (Wildman–Crippen MR) is 76.2 cm³/mol. The Kier molecular flexibility index (Phi) is 2.49. The van der Waals surface area contributed by atoms with Gasteiger partial charge in [-0.2, -0.15) is 0 Å². The Bertz CT molecular complexity index is 393. The molecule has 2 unspecified atom stereocenters. The van der Waals surface area contributed by atoms with Crippen molar-refractivity contribution in [3.63, 3.8) is 0 Å². The van der Waals surface area contributed by atoms with Crippen molar-refractivity contribution in [2.24, 2.45) is 29.1 Å². The van der Waals surface area contributed by atoms with Crippen LogP contribution < -0.4 is 0 Å². The van der Waals surface area contributed by atoms with Gasteiger partial charge in [0.2, 0.25) is 0 Å². The van der Waals surface area contributed by atoms with Gasteiger partial charge in [-0.25, -0.2) is 0 Å². The first-order valence-electron chi connectivity index (χ1n) is 8.90. The molecule has 6 fully saturated rings. The van der Waals surface area contributed by atoms with E-state index in [0.29, 0.717) is 23.9 Å². The molecule has 0 N–H and O–H groups in total. The first-order valence-corrected chi connectivity index (χ1v) is 8.90. The van der Waals surface area contributed by atoms with Gasteiger partial charge in [-0.05, 0) is 82.0 Å². The topological polar surface area (TPSA) is 26.3 Å². The summed E-state index contributed by atoms with van der Waals surface area (Å²) in [4.78, 5) is 13.3. The molecule has 0 spiro atoms. The lowest BCUT2D eigenvalue weighted by Gasteiger charge is -2.57. The maximum atomic E-state index is 13.3. The fourth-order valence-corrected chi connectivity index (χ4v) is 6.92. The molecule has 110 valence electrons. The van der Waals surface area contributed by atoms with Gasteiger partial charge in [-0.15, -0.1) is 0 Å².